The number of benzene rings is 3. The maximum Gasteiger partial charge on any atom is 0.322 e. The first kappa shape index (κ1) is 24.1. The minimum Gasteiger partial charge on any atom is -0.497 e. The number of nitrogens with zero attached hydrogens (tertiary/aromatic N) is 3. The lowest BCUT2D eigenvalue weighted by Crippen LogP contribution is -2.46. The molecule has 1 N–H and O–H groups in total. The summed E-state index contributed by atoms with van der Waals surface area (Å²) in [6.07, 6.45) is 0.713. The lowest BCUT2D eigenvalue weighted by molar-refractivity contribution is 0.205. The van der Waals surface area contributed by atoms with Crippen LogP contribution in [0.3, 0.4) is 0 Å². The van der Waals surface area contributed by atoms with E-state index >= 15 is 0 Å². The molecule has 0 radical (unpaired) electrons. The van der Waals surface area contributed by atoms with Gasteiger partial charge in [0.2, 0.25) is 5.82 Å². The van der Waals surface area contributed by atoms with Crippen LogP contribution in [0.15, 0.2) is 89.1 Å². The van der Waals surface area contributed by atoms with Crippen LogP contribution in [-0.4, -0.2) is 41.8 Å². The van der Waals surface area contributed by atoms with Crippen molar-refractivity contribution in [1.29, 1.82) is 0 Å². The third-order valence-electron chi connectivity index (χ3n) is 6.50. The highest BCUT2D eigenvalue weighted by molar-refractivity contribution is 5.87. The van der Waals surface area contributed by atoms with Gasteiger partial charge in [0, 0.05) is 17.8 Å². The van der Waals surface area contributed by atoms with Gasteiger partial charge >= 0.3 is 6.03 Å². The molecule has 1 atom stereocenters. The Hall–Kier alpha value is -4.59. The molecule has 8 nitrogen and oxygen atoms in total. The van der Waals surface area contributed by atoms with E-state index in [2.05, 4.69) is 22.6 Å². The first-order valence-electron chi connectivity index (χ1n) is 12.0. The van der Waals surface area contributed by atoms with Crippen molar-refractivity contribution in [3.8, 4) is 22.9 Å². The number of urea groups is 1. The number of nitrogens with one attached hydrogen (secondary N) is 1. The molecule has 37 heavy (non-hydrogen) atoms. The molecule has 188 valence electrons. The van der Waals surface area contributed by atoms with Crippen molar-refractivity contribution in [1.82, 2.24) is 20.4 Å². The summed E-state index contributed by atoms with van der Waals surface area (Å²) >= 11 is 0. The van der Waals surface area contributed by atoms with Gasteiger partial charge in [-0.15, -0.1) is 0 Å². The Bertz CT molecular complexity index is 1410. The van der Waals surface area contributed by atoms with E-state index in [0.29, 0.717) is 30.4 Å². The first-order valence-corrected chi connectivity index (χ1v) is 12.0. The minimum absolute atomic E-state index is 0.175. The van der Waals surface area contributed by atoms with Crippen LogP contribution in [0, 0.1) is 0 Å². The highest BCUT2D eigenvalue weighted by Crippen LogP contribution is 2.38. The maximum atomic E-state index is 13.3. The fourth-order valence-electron chi connectivity index (χ4n) is 4.47. The van der Waals surface area contributed by atoms with Gasteiger partial charge in [-0.25, -0.2) is 4.79 Å². The van der Waals surface area contributed by atoms with Crippen LogP contribution in [0.1, 0.15) is 30.0 Å². The topological polar surface area (TPSA) is 89.7 Å². The van der Waals surface area contributed by atoms with Gasteiger partial charge in [0.25, 0.3) is 5.89 Å². The Morgan fingerprint density at radius 2 is 1.70 bits per heavy atom. The zero-order valence-corrected chi connectivity index (χ0v) is 21.0. The molecule has 1 aromatic heterocycles. The van der Waals surface area contributed by atoms with Crippen LogP contribution >= 0.6 is 0 Å². The number of ether oxygens (including phenoxy) is 2. The molecule has 0 aliphatic carbocycles. The zero-order chi connectivity index (χ0) is 25.8. The average Bonchev–Trinajstić information content (AvgIpc) is 3.43. The Morgan fingerprint density at radius 1 is 0.946 bits per heavy atom. The molecule has 0 saturated heterocycles. The third-order valence-corrected chi connectivity index (χ3v) is 6.50. The van der Waals surface area contributed by atoms with E-state index in [1.165, 1.54) is 0 Å². The Balaban J connectivity index is 1.54. The molecule has 1 aliphatic heterocycles. The molecule has 4 aromatic rings. The second-order valence-corrected chi connectivity index (χ2v) is 8.70. The van der Waals surface area contributed by atoms with Crippen LogP contribution < -0.4 is 14.8 Å². The van der Waals surface area contributed by atoms with Gasteiger partial charge in [-0.2, -0.15) is 4.98 Å². The fourth-order valence-corrected chi connectivity index (χ4v) is 4.47. The molecule has 1 aliphatic rings. The second-order valence-electron chi connectivity index (χ2n) is 8.70. The molecule has 0 saturated carbocycles. The van der Waals surface area contributed by atoms with Crippen molar-refractivity contribution in [2.45, 2.75) is 19.4 Å². The predicted octanol–water partition coefficient (Wildman–Crippen LogP) is 5.49. The SMILES string of the molecule is COc1ccc(C2NC(=O)N(CCc3ccccc3)C(C)=C2c2nc(-c3cccc(OC)c3)no2)cc1. The summed E-state index contributed by atoms with van der Waals surface area (Å²) < 4.78 is 16.4. The van der Waals surface area contributed by atoms with Gasteiger partial charge in [0.15, 0.2) is 0 Å². The standard InChI is InChI=1S/C29H28N4O4/c1-19-25(28-31-27(32-37-28)22-10-7-11-24(18-22)36-3)26(21-12-14-23(35-2)15-13-21)30-29(34)33(19)17-16-20-8-5-4-6-9-20/h4-15,18,26H,16-17H2,1-3H3,(H,30,34). The van der Waals surface area contributed by atoms with E-state index in [-0.39, 0.29) is 6.03 Å². The van der Waals surface area contributed by atoms with Crippen LogP contribution in [0.4, 0.5) is 4.79 Å². The summed E-state index contributed by atoms with van der Waals surface area (Å²) in [5, 5.41) is 7.38. The lowest BCUT2D eigenvalue weighted by Gasteiger charge is -2.35. The van der Waals surface area contributed by atoms with E-state index in [1.807, 2.05) is 73.7 Å². The number of rotatable bonds is 8. The van der Waals surface area contributed by atoms with Crippen LogP contribution in [0.25, 0.3) is 17.0 Å². The summed E-state index contributed by atoms with van der Waals surface area (Å²) in [7, 11) is 3.24. The molecular weight excluding hydrogens is 468 g/mol. The van der Waals surface area contributed by atoms with E-state index in [1.54, 1.807) is 19.1 Å². The molecule has 2 heterocycles. The van der Waals surface area contributed by atoms with E-state index in [9.17, 15) is 4.79 Å². The monoisotopic (exact) mass is 496 g/mol. The lowest BCUT2D eigenvalue weighted by atomic mass is 9.94. The molecule has 0 fully saturated rings. The molecule has 0 bridgehead atoms. The molecule has 1 unspecified atom stereocenters. The van der Waals surface area contributed by atoms with Crippen LogP contribution in [-0.2, 0) is 6.42 Å². The van der Waals surface area contributed by atoms with Crippen molar-refractivity contribution >= 4 is 11.6 Å². The van der Waals surface area contributed by atoms with Gasteiger partial charge in [-0.05, 0) is 48.7 Å². The van der Waals surface area contributed by atoms with E-state index < -0.39 is 6.04 Å². The molecule has 2 amide bonds. The summed E-state index contributed by atoms with van der Waals surface area (Å²) in [4.78, 5) is 19.7. The van der Waals surface area contributed by atoms with Gasteiger partial charge in [-0.1, -0.05) is 59.8 Å². The van der Waals surface area contributed by atoms with Crippen molar-refractivity contribution in [2.75, 3.05) is 20.8 Å². The molecular formula is C29H28N4O4. The minimum atomic E-state index is -0.468. The Kier molecular flexibility index (Phi) is 6.89. The summed E-state index contributed by atoms with van der Waals surface area (Å²) in [5.41, 5.74) is 4.32. The number of carbonyl (C=O) groups is 1. The summed E-state index contributed by atoms with van der Waals surface area (Å²) in [6, 6.07) is 24.5. The van der Waals surface area contributed by atoms with Crippen LogP contribution in [0.5, 0.6) is 11.5 Å². The first-order chi connectivity index (χ1) is 18.1. The van der Waals surface area contributed by atoms with Crippen molar-refractivity contribution < 1.29 is 18.8 Å². The maximum absolute atomic E-state index is 13.3. The van der Waals surface area contributed by atoms with Gasteiger partial charge in [0.1, 0.15) is 11.5 Å². The average molecular weight is 497 g/mol. The highest BCUT2D eigenvalue weighted by Gasteiger charge is 2.35. The van der Waals surface area contributed by atoms with Gasteiger partial charge < -0.3 is 19.3 Å². The van der Waals surface area contributed by atoms with E-state index in [4.69, 9.17) is 19.0 Å². The Morgan fingerprint density at radius 3 is 2.43 bits per heavy atom. The van der Waals surface area contributed by atoms with Gasteiger partial charge in [-0.3, -0.25) is 4.90 Å². The zero-order valence-electron chi connectivity index (χ0n) is 21.0. The number of hydrogen-bond donors (Lipinski definition) is 1. The predicted molar refractivity (Wildman–Crippen MR) is 140 cm³/mol. The number of amides is 2. The molecule has 3 aromatic carbocycles. The second kappa shape index (κ2) is 10.6. The van der Waals surface area contributed by atoms with Crippen LogP contribution in [0.2, 0.25) is 0 Å². The van der Waals surface area contributed by atoms with E-state index in [0.717, 1.165) is 33.7 Å². The highest BCUT2D eigenvalue weighted by atomic mass is 16.5. The largest absolute Gasteiger partial charge is 0.497 e. The fraction of sp³-hybridized carbons (Fsp3) is 0.207. The Labute approximate surface area is 215 Å². The van der Waals surface area contributed by atoms with Gasteiger partial charge in [0.05, 0.1) is 25.8 Å². The molecule has 0 spiro atoms. The normalized spacial score (nSPS) is 15.5. The number of hydrogen-bond acceptors (Lipinski definition) is 6. The number of methoxy groups -OCH3 is 2. The molecule has 8 heteroatoms. The number of allylic oxidation sites excluding steroid dienone is 1. The number of aromatic nitrogens is 2. The smallest absolute Gasteiger partial charge is 0.322 e. The number of carbonyl (C=O) groups excluding carboxylic acids is 1. The molecule has 5 rings (SSSR count). The summed E-state index contributed by atoms with van der Waals surface area (Å²) in [6.45, 7) is 2.43. The third kappa shape index (κ3) is 5.04. The van der Waals surface area contributed by atoms with Crippen molar-refractivity contribution in [2.24, 2.45) is 0 Å². The van der Waals surface area contributed by atoms with Crippen molar-refractivity contribution in [3.63, 3.8) is 0 Å². The quantitative estimate of drug-likeness (QED) is 0.347. The summed E-state index contributed by atoms with van der Waals surface area (Å²) in [5.74, 6) is 2.22. The van der Waals surface area contributed by atoms with Crippen molar-refractivity contribution in [3.05, 3.63) is 102 Å².